The van der Waals surface area contributed by atoms with E-state index < -0.39 is 0 Å². The molecule has 12 rings (SSSR count). The summed E-state index contributed by atoms with van der Waals surface area (Å²) in [6.07, 6.45) is 3.62. The third kappa shape index (κ3) is 5.02. The van der Waals surface area contributed by atoms with Crippen molar-refractivity contribution in [1.29, 1.82) is 0 Å². The van der Waals surface area contributed by atoms with E-state index >= 15 is 0 Å². The zero-order chi connectivity index (χ0) is 39.4. The lowest BCUT2D eigenvalue weighted by Gasteiger charge is -2.35. The van der Waals surface area contributed by atoms with Gasteiger partial charge in [0.2, 0.25) is 0 Å². The van der Waals surface area contributed by atoms with Gasteiger partial charge in [0.25, 0.3) is 0 Å². The van der Waals surface area contributed by atoms with E-state index in [0.29, 0.717) is 0 Å². The number of hydrogen-bond acceptors (Lipinski definition) is 6. The van der Waals surface area contributed by atoms with E-state index in [4.69, 9.17) is 24.4 Å². The van der Waals surface area contributed by atoms with Crippen LogP contribution in [0.4, 0.5) is 17.1 Å². The quantitative estimate of drug-likeness (QED) is 0.167. The zero-order valence-corrected chi connectivity index (χ0v) is 32.7. The second-order valence-electron chi connectivity index (χ2n) is 16.0. The number of pyridine rings is 3. The number of rotatable bonds is 4. The average molecular weight is 761 g/mol. The fraction of sp³-hybridized carbons (Fsp3) is 0.0755. The van der Waals surface area contributed by atoms with Crippen LogP contribution in [-0.2, 0) is 5.41 Å². The Kier molecular flexibility index (Phi) is 7.09. The first kappa shape index (κ1) is 33.6. The number of methoxy groups -OCH3 is 1. The fourth-order valence-corrected chi connectivity index (χ4v) is 9.48. The van der Waals surface area contributed by atoms with Crippen LogP contribution < -0.4 is 14.4 Å². The number of ether oxygens (including phenoxy) is 2. The third-order valence-corrected chi connectivity index (χ3v) is 12.4. The normalized spacial score (nSPS) is 13.6. The molecular formula is C53H36N4O2. The van der Waals surface area contributed by atoms with Gasteiger partial charge in [-0.25, -0.2) is 4.98 Å². The standard InChI is InChI=1S/C53H36N4O2/c1-53(2)43-28-40-37-19-18-34(58-3)26-38(37)35-14-6-7-15-36(35)39(40)27-41(43)42-29-52-50(30-44(42)53)57(49-22-31-12-4-5-13-32(31)23-51(49)59-52)33-24-47(45-16-8-10-20-54-45)56-48(25-33)46-17-9-11-21-55-46/h4-30H,1-3H3. The molecule has 6 nitrogen and oxygen atoms in total. The van der Waals surface area contributed by atoms with Gasteiger partial charge < -0.3 is 14.4 Å². The van der Waals surface area contributed by atoms with Gasteiger partial charge in [0.15, 0.2) is 11.5 Å². The van der Waals surface area contributed by atoms with E-state index in [1.165, 1.54) is 54.6 Å². The van der Waals surface area contributed by atoms with Crippen molar-refractivity contribution in [3.8, 4) is 51.2 Å². The molecule has 59 heavy (non-hydrogen) atoms. The maximum absolute atomic E-state index is 7.02. The molecule has 7 aromatic carbocycles. The Hall–Kier alpha value is -7.57. The van der Waals surface area contributed by atoms with Crippen LogP contribution in [0.25, 0.3) is 77.0 Å². The molecule has 2 aliphatic rings. The maximum Gasteiger partial charge on any atom is 0.152 e. The molecule has 1 aliphatic heterocycles. The van der Waals surface area contributed by atoms with Crippen molar-refractivity contribution < 1.29 is 9.47 Å². The Bertz CT molecular complexity index is 3320. The molecule has 0 N–H and O–H groups in total. The van der Waals surface area contributed by atoms with Crippen LogP contribution in [-0.4, -0.2) is 22.1 Å². The minimum absolute atomic E-state index is 0.315. The largest absolute Gasteiger partial charge is 0.497 e. The molecule has 3 aromatic heterocycles. The van der Waals surface area contributed by atoms with E-state index in [2.05, 4.69) is 134 Å². The molecule has 0 fully saturated rings. The molecule has 0 spiro atoms. The third-order valence-electron chi connectivity index (χ3n) is 12.4. The van der Waals surface area contributed by atoms with E-state index in [-0.39, 0.29) is 5.41 Å². The average Bonchev–Trinajstić information content (AvgIpc) is 3.50. The number of aromatic nitrogens is 3. The number of hydrogen-bond donors (Lipinski definition) is 0. The molecule has 0 amide bonds. The molecular weight excluding hydrogens is 725 g/mol. The van der Waals surface area contributed by atoms with Crippen LogP contribution in [0.5, 0.6) is 17.2 Å². The first-order chi connectivity index (χ1) is 28.9. The van der Waals surface area contributed by atoms with E-state index in [0.717, 1.165) is 67.9 Å². The van der Waals surface area contributed by atoms with Crippen molar-refractivity contribution in [2.24, 2.45) is 0 Å². The second-order valence-corrected chi connectivity index (χ2v) is 16.0. The minimum atomic E-state index is -0.315. The molecule has 0 saturated heterocycles. The highest BCUT2D eigenvalue weighted by atomic mass is 16.5. The van der Waals surface area contributed by atoms with Gasteiger partial charge >= 0.3 is 0 Å². The van der Waals surface area contributed by atoms with Gasteiger partial charge in [-0.1, -0.05) is 80.6 Å². The number of nitrogens with zero attached hydrogens (tertiary/aromatic N) is 4. The lowest BCUT2D eigenvalue weighted by molar-refractivity contribution is 0.415. The van der Waals surface area contributed by atoms with Crippen molar-refractivity contribution >= 4 is 60.2 Å². The molecule has 10 aromatic rings. The van der Waals surface area contributed by atoms with Crippen LogP contribution >= 0.6 is 0 Å². The summed E-state index contributed by atoms with van der Waals surface area (Å²) >= 11 is 0. The molecule has 0 saturated carbocycles. The summed E-state index contributed by atoms with van der Waals surface area (Å²) in [6.45, 7) is 4.70. The second kappa shape index (κ2) is 12.5. The molecule has 6 heteroatoms. The predicted octanol–water partition coefficient (Wildman–Crippen LogP) is 13.7. The molecule has 280 valence electrons. The van der Waals surface area contributed by atoms with Gasteiger partial charge in [0, 0.05) is 17.8 Å². The van der Waals surface area contributed by atoms with Gasteiger partial charge in [0.1, 0.15) is 5.75 Å². The zero-order valence-electron chi connectivity index (χ0n) is 32.7. The van der Waals surface area contributed by atoms with Crippen molar-refractivity contribution in [1.82, 2.24) is 15.0 Å². The Labute approximate surface area is 341 Å². The Morgan fingerprint density at radius 3 is 1.73 bits per heavy atom. The van der Waals surface area contributed by atoms with Crippen LogP contribution in [0, 0.1) is 0 Å². The SMILES string of the molecule is COc1ccc2c(c1)c1ccccc1c1cc3c(cc21)C(C)(C)c1cc2c(cc1-3)Oc1cc3ccccc3cc1N2c1cc(-c2ccccn2)nc(-c2ccccn2)c1. The fourth-order valence-electron chi connectivity index (χ4n) is 9.48. The summed E-state index contributed by atoms with van der Waals surface area (Å²) in [7, 11) is 1.73. The highest BCUT2D eigenvalue weighted by Gasteiger charge is 2.39. The van der Waals surface area contributed by atoms with E-state index in [1.54, 1.807) is 7.11 Å². The van der Waals surface area contributed by atoms with Gasteiger partial charge in [-0.15, -0.1) is 0 Å². The maximum atomic E-state index is 7.02. The topological polar surface area (TPSA) is 60.4 Å². The molecule has 0 unspecified atom stereocenters. The van der Waals surface area contributed by atoms with Gasteiger partial charge in [-0.05, 0) is 150 Å². The molecule has 0 radical (unpaired) electrons. The molecule has 0 bridgehead atoms. The smallest absolute Gasteiger partial charge is 0.152 e. The van der Waals surface area contributed by atoms with Gasteiger partial charge in [-0.2, -0.15) is 0 Å². The Balaban J connectivity index is 1.12. The summed E-state index contributed by atoms with van der Waals surface area (Å²) < 4.78 is 12.7. The summed E-state index contributed by atoms with van der Waals surface area (Å²) in [5.41, 5.74) is 10.6. The van der Waals surface area contributed by atoms with Gasteiger partial charge in [-0.3, -0.25) is 9.97 Å². The number of benzene rings is 7. The molecule has 0 atom stereocenters. The van der Waals surface area contributed by atoms with Crippen molar-refractivity contribution in [3.05, 3.63) is 175 Å². The monoisotopic (exact) mass is 760 g/mol. The van der Waals surface area contributed by atoms with Crippen LogP contribution in [0.1, 0.15) is 25.0 Å². The lowest BCUT2D eigenvalue weighted by atomic mass is 9.81. The van der Waals surface area contributed by atoms with Crippen LogP contribution in [0.15, 0.2) is 164 Å². The molecule has 1 aliphatic carbocycles. The Morgan fingerprint density at radius 1 is 0.492 bits per heavy atom. The van der Waals surface area contributed by atoms with Crippen molar-refractivity contribution in [3.63, 3.8) is 0 Å². The number of fused-ring (bicyclic) bond motifs is 12. The number of anilines is 3. The van der Waals surface area contributed by atoms with Crippen LogP contribution in [0.3, 0.4) is 0 Å². The van der Waals surface area contributed by atoms with Crippen molar-refractivity contribution in [2.75, 3.05) is 12.0 Å². The van der Waals surface area contributed by atoms with Crippen molar-refractivity contribution in [2.45, 2.75) is 19.3 Å². The highest BCUT2D eigenvalue weighted by Crippen LogP contribution is 2.59. The summed E-state index contributed by atoms with van der Waals surface area (Å²) in [6, 6.07) is 53.6. The first-order valence-corrected chi connectivity index (χ1v) is 19.9. The first-order valence-electron chi connectivity index (χ1n) is 19.9. The van der Waals surface area contributed by atoms with Gasteiger partial charge in [0.05, 0.1) is 46.9 Å². The summed E-state index contributed by atoms with van der Waals surface area (Å²) in [5, 5.41) is 9.57. The minimum Gasteiger partial charge on any atom is -0.497 e. The predicted molar refractivity (Wildman–Crippen MR) is 240 cm³/mol. The molecule has 4 heterocycles. The van der Waals surface area contributed by atoms with E-state index in [1.807, 2.05) is 48.8 Å². The lowest BCUT2D eigenvalue weighted by Crippen LogP contribution is -2.19. The Morgan fingerprint density at radius 2 is 1.05 bits per heavy atom. The van der Waals surface area contributed by atoms with Crippen LogP contribution in [0.2, 0.25) is 0 Å². The summed E-state index contributed by atoms with van der Waals surface area (Å²) in [5.74, 6) is 2.44. The summed E-state index contributed by atoms with van der Waals surface area (Å²) in [4.78, 5) is 16.9. The highest BCUT2D eigenvalue weighted by molar-refractivity contribution is 6.26. The van der Waals surface area contributed by atoms with E-state index in [9.17, 15) is 0 Å².